The molecule has 1 amide bonds. The van der Waals surface area contributed by atoms with Gasteiger partial charge in [-0.25, -0.2) is 5.43 Å². The summed E-state index contributed by atoms with van der Waals surface area (Å²) in [5, 5.41) is 15.0. The van der Waals surface area contributed by atoms with Crippen molar-refractivity contribution in [2.24, 2.45) is 5.10 Å². The largest absolute Gasteiger partial charge is 0.271 e. The maximum Gasteiger partial charge on any atom is 0.271 e. The molecule has 8 heteroatoms. The normalized spacial score (nSPS) is 10.3. The second-order valence-electron chi connectivity index (χ2n) is 6.17. The Hall–Kier alpha value is -3.10. The summed E-state index contributed by atoms with van der Waals surface area (Å²) in [6.45, 7) is 0. The molecule has 3 rings (SSSR count). The van der Waals surface area contributed by atoms with Crippen molar-refractivity contribution in [1.82, 2.24) is 5.43 Å². The summed E-state index contributed by atoms with van der Waals surface area (Å²) in [7, 11) is 0. The van der Waals surface area contributed by atoms with Crippen LogP contribution in [0.4, 0.5) is 5.69 Å². The van der Waals surface area contributed by atoms with Crippen molar-refractivity contribution in [3.8, 4) is 0 Å². The van der Waals surface area contributed by atoms with Crippen LogP contribution in [0.2, 0.25) is 0 Å². The van der Waals surface area contributed by atoms with E-state index in [9.17, 15) is 14.9 Å². The van der Waals surface area contributed by atoms with Crippen LogP contribution in [0.15, 0.2) is 90.0 Å². The molecule has 0 atom stereocenters. The van der Waals surface area contributed by atoms with Gasteiger partial charge in [-0.2, -0.15) is 5.10 Å². The van der Waals surface area contributed by atoms with Crippen molar-refractivity contribution in [3.63, 3.8) is 0 Å². The van der Waals surface area contributed by atoms with Crippen molar-refractivity contribution in [3.05, 3.63) is 112 Å². The lowest BCUT2D eigenvalue weighted by Gasteiger charge is -2.07. The molecular weight excluding hydrogens is 418 g/mol. The van der Waals surface area contributed by atoms with Crippen molar-refractivity contribution in [1.29, 1.82) is 0 Å². The molecule has 0 aliphatic heterocycles. The van der Waals surface area contributed by atoms with E-state index >= 15 is 0 Å². The lowest BCUT2D eigenvalue weighted by molar-refractivity contribution is -0.384. The first kappa shape index (κ1) is 21.6. The first-order valence-electron chi connectivity index (χ1n) is 9.08. The lowest BCUT2D eigenvalue weighted by Crippen LogP contribution is -2.18. The quantitative estimate of drug-likeness (QED) is 0.230. The number of nitro groups is 1. The molecule has 0 fully saturated rings. The number of thioether (sulfide) groups is 2. The van der Waals surface area contributed by atoms with Gasteiger partial charge in [0.15, 0.2) is 4.38 Å². The summed E-state index contributed by atoms with van der Waals surface area (Å²) in [6, 6.07) is 25.5. The topological polar surface area (TPSA) is 84.6 Å². The fourth-order valence-corrected chi connectivity index (χ4v) is 4.31. The number of nitrogens with one attached hydrogen (secondary N) is 1. The summed E-state index contributed by atoms with van der Waals surface area (Å²) < 4.78 is 0.734. The third-order valence-corrected chi connectivity index (χ3v) is 6.34. The van der Waals surface area contributed by atoms with Gasteiger partial charge in [0, 0.05) is 29.2 Å². The standard InChI is InChI=1S/C22H19N3O3S2/c26-21(19-11-13-20(14-12-19)25(27)28)23-24-22(29-15-17-7-3-1-4-8-17)30-16-18-9-5-2-6-10-18/h1-14H,15-16H2,(H,23,26). The summed E-state index contributed by atoms with van der Waals surface area (Å²) >= 11 is 3.09. The molecule has 30 heavy (non-hydrogen) atoms. The molecule has 1 N–H and O–H groups in total. The molecule has 0 saturated heterocycles. The minimum atomic E-state index is -0.502. The second kappa shape index (κ2) is 11.2. The van der Waals surface area contributed by atoms with Crippen molar-refractivity contribution >= 4 is 39.5 Å². The number of benzene rings is 3. The van der Waals surface area contributed by atoms with Gasteiger partial charge in [-0.3, -0.25) is 14.9 Å². The zero-order valence-corrected chi connectivity index (χ0v) is 17.6. The van der Waals surface area contributed by atoms with Gasteiger partial charge in [0.2, 0.25) is 0 Å². The molecule has 0 aromatic heterocycles. The van der Waals surface area contributed by atoms with Crippen molar-refractivity contribution in [2.75, 3.05) is 0 Å². The number of carbonyl (C=O) groups excluding carboxylic acids is 1. The Morgan fingerprint density at radius 2 is 1.33 bits per heavy atom. The highest BCUT2D eigenvalue weighted by Crippen LogP contribution is 2.24. The predicted molar refractivity (Wildman–Crippen MR) is 123 cm³/mol. The van der Waals surface area contributed by atoms with Crippen molar-refractivity contribution < 1.29 is 9.72 Å². The SMILES string of the molecule is O=C(NN=C(SCc1ccccc1)SCc1ccccc1)c1ccc([N+](=O)[O-])cc1. The van der Waals surface area contributed by atoms with Gasteiger partial charge in [0.1, 0.15) is 0 Å². The fourth-order valence-electron chi connectivity index (χ4n) is 2.44. The van der Waals surface area contributed by atoms with Crippen LogP contribution in [0.5, 0.6) is 0 Å². The van der Waals surface area contributed by atoms with Gasteiger partial charge >= 0.3 is 0 Å². The van der Waals surface area contributed by atoms with Gasteiger partial charge in [0.05, 0.1) is 4.92 Å². The van der Waals surface area contributed by atoms with Crippen LogP contribution in [0.25, 0.3) is 0 Å². The number of hydrogen-bond acceptors (Lipinski definition) is 6. The van der Waals surface area contributed by atoms with Crippen LogP contribution >= 0.6 is 23.5 Å². The molecule has 0 aliphatic rings. The Bertz CT molecular complexity index is 965. The van der Waals surface area contributed by atoms with E-state index in [0.29, 0.717) is 5.56 Å². The van der Waals surface area contributed by atoms with Crippen LogP contribution in [-0.4, -0.2) is 15.2 Å². The van der Waals surface area contributed by atoms with Gasteiger partial charge in [-0.15, -0.1) is 0 Å². The van der Waals surface area contributed by atoms with E-state index in [1.165, 1.54) is 24.3 Å². The Morgan fingerprint density at radius 3 is 1.80 bits per heavy atom. The number of amides is 1. The van der Waals surface area contributed by atoms with E-state index < -0.39 is 10.8 Å². The molecule has 0 spiro atoms. The summed E-state index contributed by atoms with van der Waals surface area (Å²) in [5.74, 6) is 1.05. The van der Waals surface area contributed by atoms with Gasteiger partial charge in [-0.1, -0.05) is 84.2 Å². The number of nitrogens with zero attached hydrogens (tertiary/aromatic N) is 2. The summed E-state index contributed by atoms with van der Waals surface area (Å²) in [4.78, 5) is 22.6. The van der Waals surface area contributed by atoms with Crippen LogP contribution in [0.1, 0.15) is 21.5 Å². The molecule has 6 nitrogen and oxygen atoms in total. The van der Waals surface area contributed by atoms with Gasteiger partial charge < -0.3 is 0 Å². The van der Waals surface area contributed by atoms with Crippen LogP contribution in [0.3, 0.4) is 0 Å². The highest BCUT2D eigenvalue weighted by Gasteiger charge is 2.10. The van der Waals surface area contributed by atoms with E-state index in [2.05, 4.69) is 10.5 Å². The lowest BCUT2D eigenvalue weighted by atomic mass is 10.2. The van der Waals surface area contributed by atoms with E-state index in [-0.39, 0.29) is 5.69 Å². The third-order valence-electron chi connectivity index (χ3n) is 4.00. The predicted octanol–water partition coefficient (Wildman–Crippen LogP) is 5.46. The minimum absolute atomic E-state index is 0.0624. The first-order valence-corrected chi connectivity index (χ1v) is 11.0. The van der Waals surface area contributed by atoms with E-state index in [4.69, 9.17) is 0 Å². The van der Waals surface area contributed by atoms with E-state index in [0.717, 1.165) is 27.0 Å². The van der Waals surface area contributed by atoms with Gasteiger partial charge in [-0.05, 0) is 23.3 Å². The minimum Gasteiger partial charge on any atom is -0.267 e. The molecule has 0 saturated carbocycles. The Balaban J connectivity index is 1.66. The summed E-state index contributed by atoms with van der Waals surface area (Å²) in [6.07, 6.45) is 0. The fraction of sp³-hybridized carbons (Fsp3) is 0.0909. The molecule has 0 aliphatic carbocycles. The van der Waals surface area contributed by atoms with E-state index in [1.807, 2.05) is 60.7 Å². The van der Waals surface area contributed by atoms with E-state index in [1.54, 1.807) is 23.5 Å². The van der Waals surface area contributed by atoms with Crippen molar-refractivity contribution in [2.45, 2.75) is 11.5 Å². The molecule has 0 radical (unpaired) electrons. The van der Waals surface area contributed by atoms with Gasteiger partial charge in [0.25, 0.3) is 11.6 Å². The molecule has 152 valence electrons. The number of non-ortho nitro benzene ring substituents is 1. The highest BCUT2D eigenvalue weighted by molar-refractivity contribution is 8.38. The highest BCUT2D eigenvalue weighted by atomic mass is 32.2. The Morgan fingerprint density at radius 1 is 0.833 bits per heavy atom. The molecule has 0 heterocycles. The van der Waals surface area contributed by atoms with Crippen LogP contribution < -0.4 is 5.43 Å². The number of hydrazone groups is 1. The average Bonchev–Trinajstić information content (AvgIpc) is 2.79. The smallest absolute Gasteiger partial charge is 0.267 e. The van der Waals surface area contributed by atoms with Crippen LogP contribution in [-0.2, 0) is 11.5 Å². The summed E-state index contributed by atoms with van der Waals surface area (Å²) in [5.41, 5.74) is 5.13. The maximum atomic E-state index is 12.4. The Kier molecular flexibility index (Phi) is 8.05. The first-order chi connectivity index (χ1) is 14.6. The number of hydrogen-bond donors (Lipinski definition) is 1. The zero-order chi connectivity index (χ0) is 21.2. The number of rotatable bonds is 7. The average molecular weight is 438 g/mol. The number of nitro benzene ring substituents is 1. The molecule has 3 aromatic rings. The molecule has 0 bridgehead atoms. The van der Waals surface area contributed by atoms with Crippen LogP contribution in [0, 0.1) is 10.1 Å². The number of carbonyl (C=O) groups is 1. The monoisotopic (exact) mass is 437 g/mol. The third kappa shape index (κ3) is 6.75. The molecule has 3 aromatic carbocycles. The molecular formula is C22H19N3O3S2. The second-order valence-corrected chi connectivity index (χ2v) is 8.36. The Labute approximate surface area is 182 Å². The maximum absolute atomic E-state index is 12.4. The molecule has 0 unspecified atom stereocenters. The zero-order valence-electron chi connectivity index (χ0n) is 15.9.